The van der Waals surface area contributed by atoms with Crippen molar-refractivity contribution in [3.8, 4) is 0 Å². The van der Waals surface area contributed by atoms with Gasteiger partial charge in [-0.3, -0.25) is 0 Å². The number of aliphatic hydroxyl groups is 2. The first kappa shape index (κ1) is 17.7. The zero-order chi connectivity index (χ0) is 17.5. The smallest absolute Gasteiger partial charge is 0.334 e. The van der Waals surface area contributed by atoms with Crippen LogP contribution in [-0.4, -0.2) is 35.5 Å². The van der Waals surface area contributed by atoms with E-state index in [0.717, 1.165) is 44.1 Å². The molecular formula is C20H30O4. The van der Waals surface area contributed by atoms with E-state index in [2.05, 4.69) is 13.5 Å². The number of aliphatic hydroxyl groups excluding tert-OH is 2. The molecule has 0 radical (unpaired) electrons. The summed E-state index contributed by atoms with van der Waals surface area (Å²) < 4.78 is 5.01. The van der Waals surface area contributed by atoms with Crippen LogP contribution in [-0.2, 0) is 9.53 Å². The fourth-order valence-electron chi connectivity index (χ4n) is 5.63. The Balaban J connectivity index is 1.83. The van der Waals surface area contributed by atoms with E-state index in [1.54, 1.807) is 0 Å². The van der Waals surface area contributed by atoms with E-state index < -0.39 is 11.5 Å². The molecule has 4 nitrogen and oxygen atoms in total. The van der Waals surface area contributed by atoms with Gasteiger partial charge in [0.1, 0.15) is 6.61 Å². The summed E-state index contributed by atoms with van der Waals surface area (Å²) in [5.41, 5.74) is 1.62. The fourth-order valence-corrected chi connectivity index (χ4v) is 5.63. The average molecular weight is 334 g/mol. The number of carbonyl (C=O) groups excluding carboxylic acids is 1. The van der Waals surface area contributed by atoms with Crippen LogP contribution in [0.15, 0.2) is 23.8 Å². The molecule has 3 aliphatic rings. The minimum Gasteiger partial charge on any atom is -0.458 e. The largest absolute Gasteiger partial charge is 0.458 e. The molecule has 3 rings (SSSR count). The summed E-state index contributed by atoms with van der Waals surface area (Å²) in [6.45, 7) is 9.07. The third-order valence-corrected chi connectivity index (χ3v) is 7.20. The summed E-state index contributed by atoms with van der Waals surface area (Å²) in [4.78, 5) is 11.7. The van der Waals surface area contributed by atoms with Crippen LogP contribution in [0.1, 0.15) is 52.4 Å². The number of fused-ring (bicyclic) bond motifs is 1. The molecule has 0 aromatic heterocycles. The zero-order valence-electron chi connectivity index (χ0n) is 14.9. The first-order valence-corrected chi connectivity index (χ1v) is 9.15. The van der Waals surface area contributed by atoms with Gasteiger partial charge >= 0.3 is 5.97 Å². The van der Waals surface area contributed by atoms with Gasteiger partial charge in [0.2, 0.25) is 0 Å². The number of allylic oxidation sites excluding steroid dienone is 1. The molecule has 2 aliphatic carbocycles. The highest BCUT2D eigenvalue weighted by atomic mass is 16.5. The molecule has 2 fully saturated rings. The normalized spacial score (nSPS) is 42.5. The number of hydrogen-bond acceptors (Lipinski definition) is 4. The predicted octanol–water partition coefficient (Wildman–Crippen LogP) is 2.99. The number of rotatable bonds is 4. The first-order valence-electron chi connectivity index (χ1n) is 9.15. The first-order chi connectivity index (χ1) is 11.3. The molecular weight excluding hydrogens is 304 g/mol. The van der Waals surface area contributed by atoms with E-state index >= 15 is 0 Å². The summed E-state index contributed by atoms with van der Waals surface area (Å²) in [6.07, 6.45) is 6.64. The van der Waals surface area contributed by atoms with Crippen molar-refractivity contribution in [2.45, 2.75) is 58.5 Å². The standard InChI is InChI=1S/C20H30O4/c1-13-4-7-16-19(2,10-8-17(22)20(16,3)12-21)15(13)6-5-14-9-11-24-18(14)23/h9,15-17,21-22H,1,4-8,10-12H2,2-3H3/t15-,16?,17-,19+,20+/m1/s1. The van der Waals surface area contributed by atoms with Crippen LogP contribution in [0.3, 0.4) is 0 Å². The quantitative estimate of drug-likeness (QED) is 0.613. The van der Waals surface area contributed by atoms with Crippen LogP contribution in [0.5, 0.6) is 0 Å². The van der Waals surface area contributed by atoms with E-state index in [0.29, 0.717) is 12.5 Å². The van der Waals surface area contributed by atoms with Crippen LogP contribution in [0.2, 0.25) is 0 Å². The van der Waals surface area contributed by atoms with Gasteiger partial charge in [-0.25, -0.2) is 4.79 Å². The maximum absolute atomic E-state index is 11.7. The highest BCUT2D eigenvalue weighted by Gasteiger charge is 2.57. The lowest BCUT2D eigenvalue weighted by atomic mass is 9.46. The molecule has 4 heteroatoms. The van der Waals surface area contributed by atoms with Crippen LogP contribution < -0.4 is 0 Å². The topological polar surface area (TPSA) is 66.8 Å². The molecule has 2 N–H and O–H groups in total. The van der Waals surface area contributed by atoms with Crippen molar-refractivity contribution >= 4 is 5.97 Å². The molecule has 2 saturated carbocycles. The lowest BCUT2D eigenvalue weighted by Gasteiger charge is -2.60. The summed E-state index contributed by atoms with van der Waals surface area (Å²) >= 11 is 0. The second-order valence-electron chi connectivity index (χ2n) is 8.39. The Morgan fingerprint density at radius 3 is 2.75 bits per heavy atom. The van der Waals surface area contributed by atoms with Crippen LogP contribution in [0.25, 0.3) is 0 Å². The molecule has 5 atom stereocenters. The molecule has 0 amide bonds. The third kappa shape index (κ3) is 2.64. The fraction of sp³-hybridized carbons (Fsp3) is 0.750. The number of ether oxygens (including phenoxy) is 1. The summed E-state index contributed by atoms with van der Waals surface area (Å²) in [7, 11) is 0. The van der Waals surface area contributed by atoms with Crippen molar-refractivity contribution in [2.75, 3.05) is 13.2 Å². The van der Waals surface area contributed by atoms with Gasteiger partial charge in [-0.05, 0) is 61.9 Å². The van der Waals surface area contributed by atoms with E-state index in [9.17, 15) is 15.0 Å². The minimum atomic E-state index is -0.447. The highest BCUT2D eigenvalue weighted by molar-refractivity contribution is 5.90. The Kier molecular flexibility index (Phi) is 4.65. The highest BCUT2D eigenvalue weighted by Crippen LogP contribution is 2.61. The summed E-state index contributed by atoms with van der Waals surface area (Å²) in [5.74, 6) is 0.417. The van der Waals surface area contributed by atoms with Crippen molar-refractivity contribution in [1.29, 1.82) is 0 Å². The second kappa shape index (κ2) is 6.30. The van der Waals surface area contributed by atoms with Crippen LogP contribution in [0, 0.1) is 22.7 Å². The monoisotopic (exact) mass is 334 g/mol. The summed E-state index contributed by atoms with van der Waals surface area (Å²) in [5, 5.41) is 20.5. The van der Waals surface area contributed by atoms with Crippen molar-refractivity contribution in [1.82, 2.24) is 0 Å². The molecule has 0 bridgehead atoms. The molecule has 1 unspecified atom stereocenters. The van der Waals surface area contributed by atoms with Crippen molar-refractivity contribution in [2.24, 2.45) is 22.7 Å². The Morgan fingerprint density at radius 1 is 1.38 bits per heavy atom. The van der Waals surface area contributed by atoms with Crippen LogP contribution >= 0.6 is 0 Å². The maximum atomic E-state index is 11.7. The van der Waals surface area contributed by atoms with E-state index in [-0.39, 0.29) is 23.9 Å². The van der Waals surface area contributed by atoms with Crippen molar-refractivity contribution in [3.63, 3.8) is 0 Å². The molecule has 24 heavy (non-hydrogen) atoms. The second-order valence-corrected chi connectivity index (χ2v) is 8.39. The Morgan fingerprint density at radius 2 is 2.12 bits per heavy atom. The molecule has 1 heterocycles. The molecule has 1 aliphatic heterocycles. The van der Waals surface area contributed by atoms with E-state index in [1.807, 2.05) is 13.0 Å². The number of cyclic esters (lactones) is 1. The molecule has 0 aromatic rings. The zero-order valence-corrected chi connectivity index (χ0v) is 14.9. The van der Waals surface area contributed by atoms with Gasteiger partial charge in [0.05, 0.1) is 12.7 Å². The lowest BCUT2D eigenvalue weighted by Crippen LogP contribution is -2.57. The number of esters is 1. The lowest BCUT2D eigenvalue weighted by molar-refractivity contribution is -0.152. The Labute approximate surface area is 144 Å². The van der Waals surface area contributed by atoms with Gasteiger partial charge in [0.15, 0.2) is 0 Å². The molecule has 0 saturated heterocycles. The minimum absolute atomic E-state index is 0.0189. The van der Waals surface area contributed by atoms with E-state index in [4.69, 9.17) is 4.74 Å². The number of hydrogen-bond donors (Lipinski definition) is 2. The molecule has 0 spiro atoms. The van der Waals surface area contributed by atoms with Gasteiger partial charge in [-0.2, -0.15) is 0 Å². The van der Waals surface area contributed by atoms with Gasteiger partial charge in [-0.15, -0.1) is 0 Å². The molecule has 134 valence electrons. The average Bonchev–Trinajstić information content (AvgIpc) is 2.96. The van der Waals surface area contributed by atoms with Crippen molar-refractivity contribution in [3.05, 3.63) is 23.8 Å². The predicted molar refractivity (Wildman–Crippen MR) is 92.2 cm³/mol. The Bertz CT molecular complexity index is 566. The van der Waals surface area contributed by atoms with Gasteiger partial charge in [-0.1, -0.05) is 26.0 Å². The van der Waals surface area contributed by atoms with Crippen molar-refractivity contribution < 1.29 is 19.7 Å². The van der Waals surface area contributed by atoms with Gasteiger partial charge in [0, 0.05) is 11.0 Å². The van der Waals surface area contributed by atoms with Crippen LogP contribution in [0.4, 0.5) is 0 Å². The van der Waals surface area contributed by atoms with Gasteiger partial charge in [0.25, 0.3) is 0 Å². The maximum Gasteiger partial charge on any atom is 0.334 e. The van der Waals surface area contributed by atoms with Gasteiger partial charge < -0.3 is 14.9 Å². The SMILES string of the molecule is C=C1CCC2[C@](C)(CO)[C@H](O)CC[C@@]2(C)[C@@H]1CCC1=CCOC1=O. The van der Waals surface area contributed by atoms with E-state index in [1.165, 1.54) is 5.57 Å². The Hall–Kier alpha value is -1.13. The summed E-state index contributed by atoms with van der Waals surface area (Å²) in [6, 6.07) is 0. The molecule has 0 aromatic carbocycles. The number of carbonyl (C=O) groups is 1. The third-order valence-electron chi connectivity index (χ3n) is 7.20.